The van der Waals surface area contributed by atoms with E-state index in [0.29, 0.717) is 32.5 Å². The van der Waals surface area contributed by atoms with Crippen molar-refractivity contribution in [2.45, 2.75) is 181 Å². The molecular formula is C41H74O9. The Morgan fingerprint density at radius 1 is 0.580 bits per heavy atom. The summed E-state index contributed by atoms with van der Waals surface area (Å²) in [6.07, 6.45) is 27.3. The molecule has 0 saturated carbocycles. The number of carbonyl (C=O) groups excluding carboxylic acids is 3. The van der Waals surface area contributed by atoms with Crippen molar-refractivity contribution in [3.05, 3.63) is 24.3 Å². The number of unbranched alkanes of at least 4 members (excludes halogenated alkanes) is 10. The Bertz CT molecular complexity index is 833. The molecule has 0 bridgehead atoms. The van der Waals surface area contributed by atoms with Gasteiger partial charge in [0.2, 0.25) is 0 Å². The fourth-order valence-corrected chi connectivity index (χ4v) is 5.18. The Kier molecular flexibility index (Phi) is 34.9. The third-order valence-corrected chi connectivity index (χ3v) is 8.39. The molecule has 0 aromatic heterocycles. The van der Waals surface area contributed by atoms with Crippen LogP contribution in [-0.4, -0.2) is 68.4 Å². The Morgan fingerprint density at radius 2 is 1.12 bits per heavy atom. The van der Waals surface area contributed by atoms with Gasteiger partial charge in [-0.1, -0.05) is 84.1 Å². The zero-order valence-corrected chi connectivity index (χ0v) is 32.3. The van der Waals surface area contributed by atoms with Gasteiger partial charge in [-0.3, -0.25) is 14.4 Å². The van der Waals surface area contributed by atoms with Gasteiger partial charge < -0.3 is 28.8 Å². The monoisotopic (exact) mass is 711 g/mol. The van der Waals surface area contributed by atoms with E-state index in [9.17, 15) is 19.5 Å². The highest BCUT2D eigenvalue weighted by Crippen LogP contribution is 2.15. The van der Waals surface area contributed by atoms with Crippen molar-refractivity contribution in [3.63, 3.8) is 0 Å². The van der Waals surface area contributed by atoms with Crippen LogP contribution in [0.4, 0.5) is 0 Å². The first-order valence-corrected chi connectivity index (χ1v) is 20.0. The van der Waals surface area contributed by atoms with Crippen molar-refractivity contribution in [1.82, 2.24) is 0 Å². The highest BCUT2D eigenvalue weighted by Gasteiger charge is 2.18. The van der Waals surface area contributed by atoms with Crippen LogP contribution in [0, 0.1) is 5.92 Å². The molecular weight excluding hydrogens is 636 g/mol. The van der Waals surface area contributed by atoms with Gasteiger partial charge in [0.25, 0.3) is 0 Å². The van der Waals surface area contributed by atoms with E-state index in [4.69, 9.17) is 23.7 Å². The molecule has 0 spiro atoms. The minimum atomic E-state index is -0.512. The Morgan fingerprint density at radius 3 is 1.66 bits per heavy atom. The second kappa shape index (κ2) is 36.6. The summed E-state index contributed by atoms with van der Waals surface area (Å²) in [5.41, 5.74) is 0. The van der Waals surface area contributed by atoms with Crippen molar-refractivity contribution in [2.75, 3.05) is 33.0 Å². The average molecular weight is 711 g/mol. The minimum Gasteiger partial charge on any atom is -0.465 e. The summed E-state index contributed by atoms with van der Waals surface area (Å²) in [7, 11) is 0. The molecule has 50 heavy (non-hydrogen) atoms. The number of rotatable bonds is 36. The van der Waals surface area contributed by atoms with Gasteiger partial charge in [0.1, 0.15) is 6.10 Å². The molecule has 0 aromatic rings. The van der Waals surface area contributed by atoms with E-state index in [1.54, 1.807) is 0 Å². The minimum absolute atomic E-state index is 0.0351. The summed E-state index contributed by atoms with van der Waals surface area (Å²) in [5, 5.41) is 9.73. The average Bonchev–Trinajstić information content (AvgIpc) is 3.12. The zero-order valence-electron chi connectivity index (χ0n) is 32.3. The van der Waals surface area contributed by atoms with Gasteiger partial charge in [0, 0.05) is 32.5 Å². The van der Waals surface area contributed by atoms with Gasteiger partial charge in [-0.05, 0) is 83.5 Å². The number of carbonyl (C=O) groups is 3. The third-order valence-electron chi connectivity index (χ3n) is 8.39. The summed E-state index contributed by atoms with van der Waals surface area (Å²) in [6.45, 7) is 9.26. The number of aliphatic hydroxyl groups is 1. The number of ether oxygens (including phenoxy) is 5. The molecule has 0 aliphatic carbocycles. The molecule has 0 aliphatic heterocycles. The van der Waals surface area contributed by atoms with Crippen LogP contribution in [0.15, 0.2) is 24.3 Å². The highest BCUT2D eigenvalue weighted by atomic mass is 16.7. The zero-order chi connectivity index (χ0) is 36.9. The number of esters is 3. The molecule has 0 rings (SSSR count). The molecule has 2 unspecified atom stereocenters. The van der Waals surface area contributed by atoms with Gasteiger partial charge in [-0.25, -0.2) is 0 Å². The Labute approximate surface area is 305 Å². The van der Waals surface area contributed by atoms with Crippen molar-refractivity contribution in [1.29, 1.82) is 0 Å². The van der Waals surface area contributed by atoms with Crippen molar-refractivity contribution < 1.29 is 43.2 Å². The molecule has 0 aromatic carbocycles. The third kappa shape index (κ3) is 31.7. The van der Waals surface area contributed by atoms with Crippen molar-refractivity contribution in [3.8, 4) is 0 Å². The highest BCUT2D eigenvalue weighted by molar-refractivity contribution is 5.71. The maximum atomic E-state index is 12.5. The summed E-state index contributed by atoms with van der Waals surface area (Å²) in [6, 6.07) is 0. The molecule has 2 atom stereocenters. The molecule has 0 fully saturated rings. The first-order valence-electron chi connectivity index (χ1n) is 20.0. The molecule has 1 N–H and O–H groups in total. The van der Waals surface area contributed by atoms with Crippen LogP contribution >= 0.6 is 0 Å². The topological polar surface area (TPSA) is 118 Å². The fraction of sp³-hybridized carbons (Fsp3) is 0.829. The fourth-order valence-electron chi connectivity index (χ4n) is 5.18. The van der Waals surface area contributed by atoms with Crippen LogP contribution in [-0.2, 0) is 38.1 Å². The van der Waals surface area contributed by atoms with E-state index in [-0.39, 0.29) is 51.2 Å². The largest absolute Gasteiger partial charge is 0.465 e. The standard InChI is InChI=1S/C41H74O9/c1-5-9-12-15-18-21-26-37(8-4)50-40(45)28-23-22-27-38(43)48-34-36(33-42)35-49-39(44)29-30-41(46-31-24-19-16-13-10-6-2)47-32-25-20-17-14-11-7-3/h10-11,13-14,36-37,41-42H,5-9,12,15-35H2,1-4H3/b13-10-,14-11-. The second-order valence-corrected chi connectivity index (χ2v) is 13.2. The second-order valence-electron chi connectivity index (χ2n) is 13.2. The Hall–Kier alpha value is -2.23. The number of hydrogen-bond acceptors (Lipinski definition) is 9. The molecule has 9 nitrogen and oxygen atoms in total. The maximum absolute atomic E-state index is 12.5. The lowest BCUT2D eigenvalue weighted by Crippen LogP contribution is -2.25. The van der Waals surface area contributed by atoms with E-state index in [1.165, 1.54) is 32.1 Å². The van der Waals surface area contributed by atoms with Gasteiger partial charge in [-0.2, -0.15) is 0 Å². The van der Waals surface area contributed by atoms with Gasteiger partial charge in [-0.15, -0.1) is 0 Å². The molecule has 0 saturated heterocycles. The van der Waals surface area contributed by atoms with E-state index < -0.39 is 24.1 Å². The first kappa shape index (κ1) is 47.8. The summed E-state index contributed by atoms with van der Waals surface area (Å²) in [4.78, 5) is 37.0. The lowest BCUT2D eigenvalue weighted by molar-refractivity contribution is -0.161. The van der Waals surface area contributed by atoms with Gasteiger partial charge in [0.05, 0.1) is 32.2 Å². The van der Waals surface area contributed by atoms with E-state index in [1.807, 2.05) is 6.92 Å². The van der Waals surface area contributed by atoms with Gasteiger partial charge in [0.15, 0.2) is 6.29 Å². The van der Waals surface area contributed by atoms with Crippen molar-refractivity contribution in [2.24, 2.45) is 5.92 Å². The molecule has 9 heteroatoms. The summed E-state index contributed by atoms with van der Waals surface area (Å²) >= 11 is 0. The van der Waals surface area contributed by atoms with Crippen LogP contribution in [0.1, 0.15) is 169 Å². The smallest absolute Gasteiger partial charge is 0.306 e. The molecule has 292 valence electrons. The van der Waals surface area contributed by atoms with Crippen LogP contribution in [0.3, 0.4) is 0 Å². The van der Waals surface area contributed by atoms with E-state index in [2.05, 4.69) is 45.1 Å². The van der Waals surface area contributed by atoms with Crippen LogP contribution < -0.4 is 0 Å². The molecule has 0 amide bonds. The lowest BCUT2D eigenvalue weighted by atomic mass is 10.1. The van der Waals surface area contributed by atoms with Crippen LogP contribution in [0.5, 0.6) is 0 Å². The van der Waals surface area contributed by atoms with Crippen LogP contribution in [0.25, 0.3) is 0 Å². The maximum Gasteiger partial charge on any atom is 0.306 e. The first-order chi connectivity index (χ1) is 24.4. The van der Waals surface area contributed by atoms with Crippen molar-refractivity contribution >= 4 is 17.9 Å². The Balaban J connectivity index is 4.32. The lowest BCUT2D eigenvalue weighted by Gasteiger charge is -2.19. The predicted octanol–water partition coefficient (Wildman–Crippen LogP) is 9.73. The summed E-state index contributed by atoms with van der Waals surface area (Å²) in [5.74, 6) is -1.54. The number of hydrogen-bond donors (Lipinski definition) is 1. The predicted molar refractivity (Wildman–Crippen MR) is 201 cm³/mol. The molecule has 0 radical (unpaired) electrons. The van der Waals surface area contributed by atoms with Gasteiger partial charge >= 0.3 is 17.9 Å². The van der Waals surface area contributed by atoms with E-state index >= 15 is 0 Å². The van der Waals surface area contributed by atoms with E-state index in [0.717, 1.165) is 70.6 Å². The number of aliphatic hydroxyl groups excluding tert-OH is 1. The number of allylic oxidation sites excluding steroid dienone is 4. The SMILES string of the molecule is CC/C=C\CCCCOC(CCC(=O)OCC(CO)COC(=O)CCCCC(=O)OC(CC)CCCCCCCC)OCCCC/C=C\CC. The summed E-state index contributed by atoms with van der Waals surface area (Å²) < 4.78 is 28.3. The van der Waals surface area contributed by atoms with Crippen LogP contribution in [0.2, 0.25) is 0 Å². The quantitative estimate of drug-likeness (QED) is 0.0223. The molecule has 0 heterocycles. The molecule has 0 aliphatic rings. The normalized spacial score (nSPS) is 12.9.